The van der Waals surface area contributed by atoms with Crippen molar-refractivity contribution in [2.24, 2.45) is 0 Å². The highest BCUT2D eigenvalue weighted by Crippen LogP contribution is 2.30. The number of nitrogens with one attached hydrogen (secondary N) is 1. The number of nitrogens with zero attached hydrogens (tertiary/aromatic N) is 1. The fourth-order valence-corrected chi connectivity index (χ4v) is 2.15. The first kappa shape index (κ1) is 13.0. The van der Waals surface area contributed by atoms with Crippen molar-refractivity contribution in [3.05, 3.63) is 66.7 Å². The van der Waals surface area contributed by atoms with E-state index in [-0.39, 0.29) is 0 Å². The molecule has 0 aliphatic carbocycles. The molecule has 4 heteroatoms. The van der Waals surface area contributed by atoms with Crippen LogP contribution in [-0.4, -0.2) is 4.98 Å². The van der Waals surface area contributed by atoms with Gasteiger partial charge in [0.1, 0.15) is 11.6 Å². The predicted molar refractivity (Wildman–Crippen MR) is 88.2 cm³/mol. The standard InChI is InChI=1S/C17H16N4/c18-14-10-11-16(21-17(14)19)20-15-9-5-4-8-13(15)12-6-2-1-3-7-12/h1-11H,18H2,(H3,19,20,21). The third-order valence-electron chi connectivity index (χ3n) is 3.23. The number of hydrogen-bond acceptors (Lipinski definition) is 4. The Morgan fingerprint density at radius 1 is 0.762 bits per heavy atom. The summed E-state index contributed by atoms with van der Waals surface area (Å²) in [5.41, 5.74) is 15.1. The van der Waals surface area contributed by atoms with Crippen LogP contribution < -0.4 is 16.8 Å². The average Bonchev–Trinajstić information content (AvgIpc) is 2.52. The Morgan fingerprint density at radius 2 is 1.48 bits per heavy atom. The van der Waals surface area contributed by atoms with Crippen LogP contribution in [-0.2, 0) is 0 Å². The Hall–Kier alpha value is -3.01. The zero-order valence-corrected chi connectivity index (χ0v) is 11.5. The first-order valence-corrected chi connectivity index (χ1v) is 6.67. The van der Waals surface area contributed by atoms with Gasteiger partial charge < -0.3 is 16.8 Å². The summed E-state index contributed by atoms with van der Waals surface area (Å²) in [6.07, 6.45) is 0. The average molecular weight is 276 g/mol. The molecule has 0 unspecified atom stereocenters. The van der Waals surface area contributed by atoms with Gasteiger partial charge in [0, 0.05) is 11.3 Å². The highest BCUT2D eigenvalue weighted by molar-refractivity contribution is 5.80. The maximum atomic E-state index is 5.75. The van der Waals surface area contributed by atoms with Crippen molar-refractivity contribution in [3.8, 4) is 11.1 Å². The van der Waals surface area contributed by atoms with Gasteiger partial charge in [-0.15, -0.1) is 0 Å². The molecule has 104 valence electrons. The van der Waals surface area contributed by atoms with E-state index in [1.54, 1.807) is 6.07 Å². The number of para-hydroxylation sites is 1. The summed E-state index contributed by atoms with van der Waals surface area (Å²) < 4.78 is 0. The van der Waals surface area contributed by atoms with E-state index in [0.717, 1.165) is 16.8 Å². The Bertz CT molecular complexity index is 754. The summed E-state index contributed by atoms with van der Waals surface area (Å²) in [6.45, 7) is 0. The Morgan fingerprint density at radius 3 is 2.24 bits per heavy atom. The molecule has 0 aliphatic rings. The van der Waals surface area contributed by atoms with Crippen LogP contribution in [0.3, 0.4) is 0 Å². The second-order valence-corrected chi connectivity index (χ2v) is 4.71. The molecule has 0 atom stereocenters. The lowest BCUT2D eigenvalue weighted by molar-refractivity contribution is 1.32. The number of anilines is 4. The third kappa shape index (κ3) is 2.79. The number of aromatic nitrogens is 1. The predicted octanol–water partition coefficient (Wildman–Crippen LogP) is 3.66. The molecule has 0 saturated heterocycles. The fourth-order valence-electron chi connectivity index (χ4n) is 2.15. The number of hydrogen-bond donors (Lipinski definition) is 3. The van der Waals surface area contributed by atoms with Crippen LogP contribution in [0.25, 0.3) is 11.1 Å². The second-order valence-electron chi connectivity index (χ2n) is 4.71. The first-order valence-electron chi connectivity index (χ1n) is 6.67. The SMILES string of the molecule is Nc1ccc(Nc2ccccc2-c2ccccc2)nc1N. The van der Waals surface area contributed by atoms with Gasteiger partial charge >= 0.3 is 0 Å². The summed E-state index contributed by atoms with van der Waals surface area (Å²) in [5, 5.41) is 3.29. The molecule has 2 aromatic carbocycles. The fraction of sp³-hybridized carbons (Fsp3) is 0. The molecule has 0 amide bonds. The van der Waals surface area contributed by atoms with Crippen molar-refractivity contribution in [1.29, 1.82) is 0 Å². The van der Waals surface area contributed by atoms with Crippen LogP contribution in [0.15, 0.2) is 66.7 Å². The zero-order valence-electron chi connectivity index (χ0n) is 11.5. The normalized spacial score (nSPS) is 10.3. The van der Waals surface area contributed by atoms with Gasteiger partial charge in [0.05, 0.1) is 5.69 Å². The van der Waals surface area contributed by atoms with Crippen molar-refractivity contribution in [2.75, 3.05) is 16.8 Å². The van der Waals surface area contributed by atoms with E-state index in [9.17, 15) is 0 Å². The van der Waals surface area contributed by atoms with Gasteiger partial charge in [-0.05, 0) is 23.8 Å². The number of nitrogens with two attached hydrogens (primary N) is 2. The van der Waals surface area contributed by atoms with Crippen LogP contribution in [0.1, 0.15) is 0 Å². The molecule has 1 heterocycles. The lowest BCUT2D eigenvalue weighted by atomic mass is 10.0. The molecule has 4 nitrogen and oxygen atoms in total. The van der Waals surface area contributed by atoms with Gasteiger partial charge in [0.15, 0.2) is 0 Å². The van der Waals surface area contributed by atoms with Gasteiger partial charge in [0.2, 0.25) is 0 Å². The molecule has 3 rings (SSSR count). The minimum absolute atomic E-state index is 0.331. The third-order valence-corrected chi connectivity index (χ3v) is 3.23. The Labute approximate surface area is 123 Å². The smallest absolute Gasteiger partial charge is 0.149 e. The van der Waals surface area contributed by atoms with Crippen molar-refractivity contribution in [1.82, 2.24) is 4.98 Å². The summed E-state index contributed by atoms with van der Waals surface area (Å²) in [5.74, 6) is 1.00. The molecule has 5 N–H and O–H groups in total. The second kappa shape index (κ2) is 5.54. The molecule has 21 heavy (non-hydrogen) atoms. The molecule has 0 spiro atoms. The maximum absolute atomic E-state index is 5.75. The number of pyridine rings is 1. The van der Waals surface area contributed by atoms with Crippen LogP contribution >= 0.6 is 0 Å². The van der Waals surface area contributed by atoms with Crippen molar-refractivity contribution in [3.63, 3.8) is 0 Å². The topological polar surface area (TPSA) is 77.0 Å². The van der Waals surface area contributed by atoms with Gasteiger partial charge in [0.25, 0.3) is 0 Å². The van der Waals surface area contributed by atoms with E-state index in [1.807, 2.05) is 42.5 Å². The number of rotatable bonds is 3. The molecular formula is C17H16N4. The van der Waals surface area contributed by atoms with E-state index in [0.29, 0.717) is 17.3 Å². The lowest BCUT2D eigenvalue weighted by Crippen LogP contribution is -2.01. The van der Waals surface area contributed by atoms with Gasteiger partial charge in [-0.1, -0.05) is 48.5 Å². The molecule has 0 aliphatic heterocycles. The number of benzene rings is 2. The highest BCUT2D eigenvalue weighted by atomic mass is 15.0. The van der Waals surface area contributed by atoms with Crippen molar-refractivity contribution < 1.29 is 0 Å². The van der Waals surface area contributed by atoms with E-state index in [1.165, 1.54) is 0 Å². The van der Waals surface area contributed by atoms with E-state index < -0.39 is 0 Å². The highest BCUT2D eigenvalue weighted by Gasteiger charge is 2.06. The van der Waals surface area contributed by atoms with E-state index in [2.05, 4.69) is 28.5 Å². The summed E-state index contributed by atoms with van der Waals surface area (Å²) in [6, 6.07) is 21.8. The lowest BCUT2D eigenvalue weighted by Gasteiger charge is -2.12. The molecule has 3 aromatic rings. The molecule has 0 saturated carbocycles. The summed E-state index contributed by atoms with van der Waals surface area (Å²) in [7, 11) is 0. The summed E-state index contributed by atoms with van der Waals surface area (Å²) >= 11 is 0. The van der Waals surface area contributed by atoms with Crippen LogP contribution in [0, 0.1) is 0 Å². The van der Waals surface area contributed by atoms with Gasteiger partial charge in [-0.25, -0.2) is 4.98 Å². The van der Waals surface area contributed by atoms with E-state index in [4.69, 9.17) is 11.5 Å². The molecule has 0 radical (unpaired) electrons. The van der Waals surface area contributed by atoms with E-state index >= 15 is 0 Å². The van der Waals surface area contributed by atoms with Crippen molar-refractivity contribution >= 4 is 23.0 Å². The molecule has 1 aromatic heterocycles. The van der Waals surface area contributed by atoms with Crippen LogP contribution in [0.2, 0.25) is 0 Å². The monoisotopic (exact) mass is 276 g/mol. The Balaban J connectivity index is 1.98. The summed E-state index contributed by atoms with van der Waals surface area (Å²) in [4.78, 5) is 4.24. The number of nitrogen functional groups attached to an aromatic ring is 2. The van der Waals surface area contributed by atoms with Gasteiger partial charge in [-0.2, -0.15) is 0 Å². The molecule has 0 bridgehead atoms. The van der Waals surface area contributed by atoms with Crippen LogP contribution in [0.4, 0.5) is 23.0 Å². The van der Waals surface area contributed by atoms with Crippen molar-refractivity contribution in [2.45, 2.75) is 0 Å². The first-order chi connectivity index (χ1) is 10.2. The maximum Gasteiger partial charge on any atom is 0.149 e. The largest absolute Gasteiger partial charge is 0.396 e. The molecule has 0 fully saturated rings. The Kier molecular flexibility index (Phi) is 3.43. The van der Waals surface area contributed by atoms with Gasteiger partial charge in [-0.3, -0.25) is 0 Å². The van der Waals surface area contributed by atoms with Crippen LogP contribution in [0.5, 0.6) is 0 Å². The minimum Gasteiger partial charge on any atom is -0.396 e. The minimum atomic E-state index is 0.331. The zero-order chi connectivity index (χ0) is 14.7. The quantitative estimate of drug-likeness (QED) is 0.682. The molecular weight excluding hydrogens is 260 g/mol.